The highest BCUT2D eigenvalue weighted by atomic mass is 32.2. The summed E-state index contributed by atoms with van der Waals surface area (Å²) in [5, 5.41) is 19.0. The fourth-order valence-corrected chi connectivity index (χ4v) is 6.57. The Labute approximate surface area is 217 Å². The molecule has 0 radical (unpaired) electrons. The van der Waals surface area contributed by atoms with E-state index < -0.39 is 0 Å². The molecule has 5 rings (SSSR count). The predicted molar refractivity (Wildman–Crippen MR) is 141 cm³/mol. The molecular formula is C24H27FN8OS2. The van der Waals surface area contributed by atoms with E-state index in [0.717, 1.165) is 59.4 Å². The molecule has 9 nitrogen and oxygen atoms in total. The standard InChI is InChI=1S/C24H27FN8OS2/c1-4-18-21(31(3)22-28-20(19(13-26)35-22)15-5-7-16(25)8-6-15)33-23(27-18)36-24(29-33)32-10-9-17(14-32)30(2)11-12-34/h5-8,12,17,22,28H,4,9-11,14H2,1-3H3. The van der Waals surface area contributed by atoms with Crippen LogP contribution >= 0.6 is 23.1 Å². The van der Waals surface area contributed by atoms with Gasteiger partial charge in [-0.15, -0.1) is 5.10 Å². The van der Waals surface area contributed by atoms with E-state index in [4.69, 9.17) is 10.1 Å². The van der Waals surface area contributed by atoms with Gasteiger partial charge in [-0.25, -0.2) is 9.37 Å². The Morgan fingerprint density at radius 1 is 1.33 bits per heavy atom. The zero-order valence-corrected chi connectivity index (χ0v) is 21.9. The minimum atomic E-state index is -0.314. The third-order valence-corrected chi connectivity index (χ3v) is 8.80. The number of nitrogens with one attached hydrogen (secondary N) is 1. The van der Waals surface area contributed by atoms with E-state index in [9.17, 15) is 14.4 Å². The van der Waals surface area contributed by atoms with Crippen molar-refractivity contribution in [3.05, 3.63) is 46.2 Å². The summed E-state index contributed by atoms with van der Waals surface area (Å²) in [5.74, 6) is 0.567. The summed E-state index contributed by atoms with van der Waals surface area (Å²) in [7, 11) is 3.95. The fourth-order valence-electron chi connectivity index (χ4n) is 4.62. The Bertz CT molecular complexity index is 1340. The Hall–Kier alpha value is -3.14. The van der Waals surface area contributed by atoms with Gasteiger partial charge in [0.1, 0.15) is 23.1 Å². The number of hydrogen-bond acceptors (Lipinski definition) is 10. The van der Waals surface area contributed by atoms with Crippen LogP contribution in [0.4, 0.5) is 15.3 Å². The van der Waals surface area contributed by atoms with E-state index >= 15 is 0 Å². The van der Waals surface area contributed by atoms with Gasteiger partial charge in [0.15, 0.2) is 11.3 Å². The average molecular weight is 527 g/mol. The van der Waals surface area contributed by atoms with Crippen molar-refractivity contribution in [3.63, 3.8) is 0 Å². The highest BCUT2D eigenvalue weighted by molar-refractivity contribution is 8.04. The van der Waals surface area contributed by atoms with Crippen LogP contribution in [0.2, 0.25) is 0 Å². The molecule has 2 aromatic heterocycles. The number of aldehydes is 1. The molecule has 1 N–H and O–H groups in total. The maximum Gasteiger partial charge on any atom is 0.216 e. The van der Waals surface area contributed by atoms with Gasteiger partial charge in [0.25, 0.3) is 0 Å². The molecule has 0 spiro atoms. The second-order valence-corrected chi connectivity index (χ2v) is 10.9. The van der Waals surface area contributed by atoms with Crippen molar-refractivity contribution in [2.45, 2.75) is 31.3 Å². The van der Waals surface area contributed by atoms with Crippen molar-refractivity contribution in [1.29, 1.82) is 5.26 Å². The van der Waals surface area contributed by atoms with Crippen LogP contribution in [0.1, 0.15) is 24.6 Å². The topological polar surface area (TPSA) is 92.8 Å². The molecule has 2 aliphatic rings. The molecule has 188 valence electrons. The van der Waals surface area contributed by atoms with E-state index in [1.165, 1.54) is 23.9 Å². The zero-order valence-electron chi connectivity index (χ0n) is 20.3. The first-order valence-electron chi connectivity index (χ1n) is 11.8. The summed E-state index contributed by atoms with van der Waals surface area (Å²) in [6, 6.07) is 8.74. The summed E-state index contributed by atoms with van der Waals surface area (Å²) >= 11 is 2.98. The number of halogens is 1. The molecule has 1 saturated heterocycles. The lowest BCUT2D eigenvalue weighted by Gasteiger charge is -2.26. The van der Waals surface area contributed by atoms with E-state index in [-0.39, 0.29) is 11.3 Å². The molecule has 2 atom stereocenters. The van der Waals surface area contributed by atoms with Crippen LogP contribution in [0, 0.1) is 17.1 Å². The number of aryl methyl sites for hydroxylation is 1. The minimum Gasteiger partial charge on any atom is -0.354 e. The van der Waals surface area contributed by atoms with Crippen LogP contribution in [0.25, 0.3) is 10.7 Å². The number of benzene rings is 1. The second-order valence-electron chi connectivity index (χ2n) is 8.86. The van der Waals surface area contributed by atoms with Crippen LogP contribution in [0.3, 0.4) is 0 Å². The Morgan fingerprint density at radius 2 is 2.11 bits per heavy atom. The lowest BCUT2D eigenvalue weighted by Crippen LogP contribution is -2.38. The van der Waals surface area contributed by atoms with Gasteiger partial charge in [-0.1, -0.05) is 30.0 Å². The van der Waals surface area contributed by atoms with Gasteiger partial charge in [-0.3, -0.25) is 4.90 Å². The number of carbonyl (C=O) groups excluding carboxylic acids is 1. The van der Waals surface area contributed by atoms with E-state index in [0.29, 0.717) is 23.2 Å². The Balaban J connectivity index is 1.40. The summed E-state index contributed by atoms with van der Waals surface area (Å²) in [6.45, 7) is 4.20. The van der Waals surface area contributed by atoms with Gasteiger partial charge in [0.05, 0.1) is 17.9 Å². The van der Waals surface area contributed by atoms with Crippen LogP contribution in [0.15, 0.2) is 29.2 Å². The molecule has 1 aromatic carbocycles. The monoisotopic (exact) mass is 526 g/mol. The highest BCUT2D eigenvalue weighted by Gasteiger charge is 2.33. The molecule has 0 bridgehead atoms. The smallest absolute Gasteiger partial charge is 0.216 e. The normalized spacial score (nSPS) is 19.8. The Morgan fingerprint density at radius 3 is 2.81 bits per heavy atom. The molecule has 2 unspecified atom stereocenters. The van der Waals surface area contributed by atoms with Crippen LogP contribution < -0.4 is 15.1 Å². The molecule has 0 aliphatic carbocycles. The van der Waals surface area contributed by atoms with E-state index in [1.54, 1.807) is 23.5 Å². The van der Waals surface area contributed by atoms with Crippen molar-refractivity contribution in [1.82, 2.24) is 24.8 Å². The molecule has 36 heavy (non-hydrogen) atoms. The van der Waals surface area contributed by atoms with Gasteiger partial charge in [0.2, 0.25) is 10.1 Å². The first kappa shape index (κ1) is 24.5. The second kappa shape index (κ2) is 10.1. The molecule has 12 heteroatoms. The average Bonchev–Trinajstić information content (AvgIpc) is 3.66. The summed E-state index contributed by atoms with van der Waals surface area (Å²) in [5.41, 5.74) is 2.15. The number of anilines is 2. The SMILES string of the molecule is CCc1nc2sc(N3CCC(N(C)CC=O)C3)nn2c1N(C)C1NC(c2ccc(F)cc2)=C(C#N)S1. The molecule has 1 fully saturated rings. The van der Waals surface area contributed by atoms with Crippen molar-refractivity contribution in [3.8, 4) is 6.07 Å². The number of nitrogens with zero attached hydrogens (tertiary/aromatic N) is 7. The van der Waals surface area contributed by atoms with Crippen LogP contribution in [-0.2, 0) is 11.2 Å². The van der Waals surface area contributed by atoms with Crippen molar-refractivity contribution < 1.29 is 9.18 Å². The third-order valence-electron chi connectivity index (χ3n) is 6.64. The van der Waals surface area contributed by atoms with Crippen LogP contribution in [0.5, 0.6) is 0 Å². The molecule has 3 aromatic rings. The molecule has 0 saturated carbocycles. The zero-order chi connectivity index (χ0) is 25.4. The van der Waals surface area contributed by atoms with E-state index in [2.05, 4.69) is 33.0 Å². The number of thioether (sulfide) groups is 1. The van der Waals surface area contributed by atoms with Crippen molar-refractivity contribution in [2.75, 3.05) is 43.5 Å². The number of carbonyl (C=O) groups is 1. The largest absolute Gasteiger partial charge is 0.354 e. The quantitative estimate of drug-likeness (QED) is 0.444. The third kappa shape index (κ3) is 4.42. The minimum absolute atomic E-state index is 0.247. The Kier molecular flexibility index (Phi) is 6.87. The number of aromatic nitrogens is 3. The van der Waals surface area contributed by atoms with Crippen molar-refractivity contribution in [2.24, 2.45) is 0 Å². The highest BCUT2D eigenvalue weighted by Crippen LogP contribution is 2.39. The van der Waals surface area contributed by atoms with Gasteiger partial charge < -0.3 is 19.9 Å². The van der Waals surface area contributed by atoms with Gasteiger partial charge in [-0.05, 0) is 49.7 Å². The lowest BCUT2D eigenvalue weighted by atomic mass is 10.1. The number of nitriles is 1. The number of rotatable bonds is 8. The summed E-state index contributed by atoms with van der Waals surface area (Å²) in [6.07, 6.45) is 2.67. The summed E-state index contributed by atoms with van der Waals surface area (Å²) in [4.78, 5) is 23.5. The maximum atomic E-state index is 13.4. The fraction of sp³-hybridized carbons (Fsp3) is 0.417. The summed E-state index contributed by atoms with van der Waals surface area (Å²) < 4.78 is 15.3. The first-order valence-corrected chi connectivity index (χ1v) is 13.5. The van der Waals surface area contributed by atoms with Gasteiger partial charge in [-0.2, -0.15) is 9.78 Å². The van der Waals surface area contributed by atoms with Crippen LogP contribution in [-0.4, -0.2) is 71.1 Å². The number of imidazole rings is 1. The number of likely N-dealkylation sites (N-methyl/N-ethyl adjacent to an activating group) is 1. The molecular weight excluding hydrogens is 499 g/mol. The molecule has 2 aliphatic heterocycles. The number of fused-ring (bicyclic) bond motifs is 1. The number of allylic oxidation sites excluding steroid dienone is 1. The predicted octanol–water partition coefficient (Wildman–Crippen LogP) is 3.15. The van der Waals surface area contributed by atoms with E-state index in [1.807, 2.05) is 18.6 Å². The van der Waals surface area contributed by atoms with Gasteiger partial charge in [0, 0.05) is 26.2 Å². The lowest BCUT2D eigenvalue weighted by molar-refractivity contribution is -0.108. The molecule has 0 amide bonds. The van der Waals surface area contributed by atoms with Gasteiger partial charge >= 0.3 is 0 Å². The number of hydrogen-bond donors (Lipinski definition) is 1. The molecule has 4 heterocycles. The maximum absolute atomic E-state index is 13.4. The van der Waals surface area contributed by atoms with Crippen molar-refractivity contribution >= 4 is 51.0 Å². The first-order chi connectivity index (χ1) is 17.4.